The van der Waals surface area contributed by atoms with Crippen molar-refractivity contribution in [3.05, 3.63) is 76.8 Å². The topological polar surface area (TPSA) is 81.5 Å². The highest BCUT2D eigenvalue weighted by Crippen LogP contribution is 2.44. The van der Waals surface area contributed by atoms with Crippen LogP contribution in [-0.4, -0.2) is 34.3 Å². The SMILES string of the molecule is CCCCO[C@@H](C(=O)O)c1c(C)cc2nc(-c3cccs3)ccc2c1-c1ccc2c3c(ccnc13)CCO2. The monoisotopic (exact) mass is 524 g/mol. The van der Waals surface area contributed by atoms with Crippen molar-refractivity contribution in [3.8, 4) is 27.4 Å². The molecular weight excluding hydrogens is 496 g/mol. The number of benzene rings is 2. The van der Waals surface area contributed by atoms with Gasteiger partial charge in [-0.25, -0.2) is 9.78 Å². The zero-order chi connectivity index (χ0) is 26.2. The van der Waals surface area contributed by atoms with Crippen LogP contribution in [0.5, 0.6) is 5.75 Å². The number of unbranched alkanes of at least 4 members (excludes halogenated alkanes) is 1. The minimum atomic E-state index is -1.11. The molecule has 0 saturated carbocycles. The minimum Gasteiger partial charge on any atom is -0.493 e. The molecule has 1 aliphatic heterocycles. The summed E-state index contributed by atoms with van der Waals surface area (Å²) in [6.45, 7) is 5.01. The Morgan fingerprint density at radius 1 is 1.21 bits per heavy atom. The lowest BCUT2D eigenvalue weighted by molar-refractivity contribution is -0.151. The van der Waals surface area contributed by atoms with E-state index >= 15 is 0 Å². The number of pyridine rings is 2. The number of fused-ring (bicyclic) bond motifs is 1. The summed E-state index contributed by atoms with van der Waals surface area (Å²) in [6, 6.07) is 16.1. The van der Waals surface area contributed by atoms with Gasteiger partial charge in [0, 0.05) is 41.1 Å². The number of hydrogen-bond donors (Lipinski definition) is 1. The van der Waals surface area contributed by atoms with Crippen LogP contribution in [-0.2, 0) is 16.0 Å². The molecular formula is C31H28N2O4S. The Morgan fingerprint density at radius 2 is 2.11 bits per heavy atom. The predicted octanol–water partition coefficient (Wildman–Crippen LogP) is 7.36. The molecule has 4 heterocycles. The number of thiophene rings is 1. The summed E-state index contributed by atoms with van der Waals surface area (Å²) in [5, 5.41) is 14.2. The molecule has 7 heteroatoms. The summed E-state index contributed by atoms with van der Waals surface area (Å²) in [5.74, 6) is -0.198. The Balaban J connectivity index is 1.66. The molecule has 0 amide bonds. The molecule has 192 valence electrons. The van der Waals surface area contributed by atoms with Gasteiger partial charge < -0.3 is 14.6 Å². The van der Waals surface area contributed by atoms with Crippen LogP contribution in [0.25, 0.3) is 43.5 Å². The van der Waals surface area contributed by atoms with E-state index in [-0.39, 0.29) is 0 Å². The van der Waals surface area contributed by atoms with Gasteiger partial charge in [-0.15, -0.1) is 11.3 Å². The summed E-state index contributed by atoms with van der Waals surface area (Å²) in [7, 11) is 0. The van der Waals surface area contributed by atoms with Gasteiger partial charge in [0.15, 0.2) is 6.10 Å². The third kappa shape index (κ3) is 4.22. The van der Waals surface area contributed by atoms with Crippen molar-refractivity contribution in [2.45, 2.75) is 39.2 Å². The first-order chi connectivity index (χ1) is 18.6. The van der Waals surface area contributed by atoms with Crippen LogP contribution in [0.4, 0.5) is 0 Å². The molecule has 5 aromatic rings. The van der Waals surface area contributed by atoms with Gasteiger partial charge in [-0.3, -0.25) is 4.98 Å². The van der Waals surface area contributed by atoms with Crippen molar-refractivity contribution in [2.24, 2.45) is 0 Å². The molecule has 1 aliphatic rings. The largest absolute Gasteiger partial charge is 0.493 e. The maximum absolute atomic E-state index is 12.6. The number of aliphatic carboxylic acids is 1. The fourth-order valence-corrected chi connectivity index (χ4v) is 6.03. The van der Waals surface area contributed by atoms with Crippen molar-refractivity contribution in [1.82, 2.24) is 9.97 Å². The van der Waals surface area contributed by atoms with Gasteiger partial charge in [0.2, 0.25) is 0 Å². The van der Waals surface area contributed by atoms with Gasteiger partial charge in [-0.1, -0.05) is 19.4 Å². The van der Waals surface area contributed by atoms with Crippen LogP contribution in [0.2, 0.25) is 0 Å². The van der Waals surface area contributed by atoms with Crippen LogP contribution in [0.3, 0.4) is 0 Å². The predicted molar refractivity (Wildman–Crippen MR) is 151 cm³/mol. The van der Waals surface area contributed by atoms with E-state index in [1.54, 1.807) is 11.3 Å². The first-order valence-corrected chi connectivity index (χ1v) is 13.8. The Hall–Kier alpha value is -3.81. The molecule has 6 rings (SSSR count). The second-order valence-electron chi connectivity index (χ2n) is 9.57. The van der Waals surface area contributed by atoms with Gasteiger partial charge in [0.05, 0.1) is 28.2 Å². The molecule has 0 fully saturated rings. The standard InChI is InChI=1S/C31H28N2O4S/c1-3-4-14-37-30(31(34)35)26-18(2)17-23-20(7-9-22(33-23)25-6-5-16-38-25)28(26)21-8-10-24-27-19(12-15-36-24)11-13-32-29(21)27/h5-11,13,16-17,30H,3-4,12,14-15H2,1-2H3,(H,34,35)/t30-/m1/s1. The third-order valence-corrected chi connectivity index (χ3v) is 8.01. The van der Waals surface area contributed by atoms with E-state index in [0.717, 1.165) is 74.1 Å². The Morgan fingerprint density at radius 3 is 2.89 bits per heavy atom. The summed E-state index contributed by atoms with van der Waals surface area (Å²) in [5.41, 5.74) is 6.81. The van der Waals surface area contributed by atoms with Crippen molar-refractivity contribution >= 4 is 39.1 Å². The molecule has 38 heavy (non-hydrogen) atoms. The molecule has 0 spiro atoms. The first kappa shape index (κ1) is 24.5. The number of carbonyl (C=O) groups is 1. The Labute approximate surface area is 224 Å². The van der Waals surface area contributed by atoms with E-state index < -0.39 is 12.1 Å². The maximum Gasteiger partial charge on any atom is 0.337 e. The molecule has 1 atom stereocenters. The molecule has 0 unspecified atom stereocenters. The van der Waals surface area contributed by atoms with Crippen LogP contribution < -0.4 is 4.74 Å². The zero-order valence-electron chi connectivity index (χ0n) is 21.4. The number of rotatable bonds is 8. The molecule has 0 aliphatic carbocycles. The zero-order valence-corrected chi connectivity index (χ0v) is 22.2. The molecule has 0 bridgehead atoms. The molecule has 6 nitrogen and oxygen atoms in total. The fraction of sp³-hybridized carbons (Fsp3) is 0.258. The molecule has 2 aromatic carbocycles. The van der Waals surface area contributed by atoms with E-state index in [0.29, 0.717) is 18.8 Å². The highest BCUT2D eigenvalue weighted by molar-refractivity contribution is 7.13. The highest BCUT2D eigenvalue weighted by atomic mass is 32.1. The van der Waals surface area contributed by atoms with E-state index in [4.69, 9.17) is 19.4 Å². The molecule has 0 radical (unpaired) electrons. The molecule has 3 aromatic heterocycles. The lowest BCUT2D eigenvalue weighted by atomic mass is 9.86. The quantitative estimate of drug-likeness (QED) is 0.214. The summed E-state index contributed by atoms with van der Waals surface area (Å²) in [6.07, 6.45) is 3.23. The van der Waals surface area contributed by atoms with E-state index in [9.17, 15) is 9.90 Å². The summed E-state index contributed by atoms with van der Waals surface area (Å²) < 4.78 is 12.0. The van der Waals surface area contributed by atoms with Crippen LogP contribution in [0, 0.1) is 6.92 Å². The first-order valence-electron chi connectivity index (χ1n) is 12.9. The van der Waals surface area contributed by atoms with Crippen molar-refractivity contribution in [1.29, 1.82) is 0 Å². The number of aryl methyl sites for hydroxylation is 1. The van der Waals surface area contributed by atoms with Gasteiger partial charge in [0.1, 0.15) is 5.75 Å². The molecule has 0 saturated heterocycles. The van der Waals surface area contributed by atoms with Crippen LogP contribution in [0.15, 0.2) is 60.1 Å². The lowest BCUT2D eigenvalue weighted by Gasteiger charge is -2.24. The van der Waals surface area contributed by atoms with Crippen molar-refractivity contribution < 1.29 is 19.4 Å². The average molecular weight is 525 g/mol. The third-order valence-electron chi connectivity index (χ3n) is 7.12. The maximum atomic E-state index is 12.6. The number of carboxylic acid groups (broad SMARTS) is 1. The van der Waals surface area contributed by atoms with Gasteiger partial charge in [-0.05, 0) is 77.9 Å². The van der Waals surface area contributed by atoms with Crippen molar-refractivity contribution in [2.75, 3.05) is 13.2 Å². The molecule has 1 N–H and O–H groups in total. The van der Waals surface area contributed by atoms with E-state index in [2.05, 4.69) is 13.0 Å². The van der Waals surface area contributed by atoms with Crippen LogP contribution >= 0.6 is 11.3 Å². The highest BCUT2D eigenvalue weighted by Gasteiger charge is 2.30. The Bertz CT molecular complexity index is 1650. The second kappa shape index (κ2) is 10.2. The normalized spacial score (nSPS) is 13.5. The number of aromatic nitrogens is 2. The van der Waals surface area contributed by atoms with Crippen molar-refractivity contribution in [3.63, 3.8) is 0 Å². The fourth-order valence-electron chi connectivity index (χ4n) is 5.34. The van der Waals surface area contributed by atoms with Crippen LogP contribution in [0.1, 0.15) is 42.6 Å². The summed E-state index contributed by atoms with van der Waals surface area (Å²) in [4.78, 5) is 23.5. The van der Waals surface area contributed by atoms with E-state index in [1.807, 2.05) is 61.0 Å². The number of ether oxygens (including phenoxy) is 2. The minimum absolute atomic E-state index is 0.371. The van der Waals surface area contributed by atoms with Gasteiger partial charge in [-0.2, -0.15) is 0 Å². The Kier molecular flexibility index (Phi) is 6.55. The average Bonchev–Trinajstić information content (AvgIpc) is 3.46. The summed E-state index contributed by atoms with van der Waals surface area (Å²) >= 11 is 1.64. The van der Waals surface area contributed by atoms with E-state index in [1.165, 1.54) is 5.56 Å². The lowest BCUT2D eigenvalue weighted by Crippen LogP contribution is -2.19. The van der Waals surface area contributed by atoms with Gasteiger partial charge >= 0.3 is 5.97 Å². The van der Waals surface area contributed by atoms with Gasteiger partial charge in [0.25, 0.3) is 0 Å². The number of carboxylic acids is 1. The number of nitrogens with zero attached hydrogens (tertiary/aromatic N) is 2. The second-order valence-corrected chi connectivity index (χ2v) is 10.5. The number of hydrogen-bond acceptors (Lipinski definition) is 6. The smallest absolute Gasteiger partial charge is 0.337 e.